The zero-order chi connectivity index (χ0) is 21.8. The number of likely N-dealkylation sites (tertiary alicyclic amines) is 1. The number of fused-ring (bicyclic) bond motifs is 1. The highest BCUT2D eigenvalue weighted by Gasteiger charge is 2.33. The molecule has 1 fully saturated rings. The van der Waals surface area contributed by atoms with Gasteiger partial charge in [-0.15, -0.1) is 0 Å². The maximum absolute atomic E-state index is 13.1. The number of nitrogens with zero attached hydrogens (tertiary/aromatic N) is 3. The number of rotatable bonds is 7. The quantitative estimate of drug-likeness (QED) is 0.629. The summed E-state index contributed by atoms with van der Waals surface area (Å²) in [7, 11) is 0. The van der Waals surface area contributed by atoms with E-state index in [1.807, 2.05) is 31.2 Å². The fourth-order valence-corrected chi connectivity index (χ4v) is 4.62. The lowest BCUT2D eigenvalue weighted by Crippen LogP contribution is -2.48. The van der Waals surface area contributed by atoms with E-state index in [1.54, 1.807) is 4.57 Å². The second kappa shape index (κ2) is 9.33. The van der Waals surface area contributed by atoms with Gasteiger partial charge in [0.25, 0.3) is 5.56 Å². The van der Waals surface area contributed by atoms with Crippen LogP contribution in [0.4, 0.5) is 0 Å². The van der Waals surface area contributed by atoms with E-state index in [2.05, 4.69) is 47.1 Å². The van der Waals surface area contributed by atoms with E-state index in [0.29, 0.717) is 37.1 Å². The molecular weight excluding hydrogens is 386 g/mol. The average Bonchev–Trinajstić information content (AvgIpc) is 2.81. The third-order valence-electron chi connectivity index (χ3n) is 6.74. The SMILES string of the molecule is CCc1nc2ccccc2c(=O)n1CC1(O)CCN(CC[C@@H](C)c2ccccc2)CC1. The van der Waals surface area contributed by atoms with E-state index in [0.717, 1.165) is 37.4 Å². The lowest BCUT2D eigenvalue weighted by Gasteiger charge is -2.39. The van der Waals surface area contributed by atoms with Gasteiger partial charge in [-0.25, -0.2) is 4.98 Å². The van der Waals surface area contributed by atoms with E-state index in [9.17, 15) is 9.90 Å². The molecule has 31 heavy (non-hydrogen) atoms. The number of hydrogen-bond acceptors (Lipinski definition) is 4. The average molecular weight is 420 g/mol. The van der Waals surface area contributed by atoms with Crippen molar-refractivity contribution in [3.8, 4) is 0 Å². The second-order valence-corrected chi connectivity index (χ2v) is 8.96. The molecule has 4 rings (SSSR count). The van der Waals surface area contributed by atoms with Crippen LogP contribution in [0.2, 0.25) is 0 Å². The highest BCUT2D eigenvalue weighted by atomic mass is 16.3. The Morgan fingerprint density at radius 3 is 2.45 bits per heavy atom. The molecule has 1 aliphatic heterocycles. The summed E-state index contributed by atoms with van der Waals surface area (Å²) in [5, 5.41) is 11.9. The van der Waals surface area contributed by atoms with E-state index < -0.39 is 5.60 Å². The molecule has 0 radical (unpaired) electrons. The number of aliphatic hydroxyl groups is 1. The first-order valence-electron chi connectivity index (χ1n) is 11.5. The standard InChI is InChI=1S/C26H33N3O2/c1-3-24-27-23-12-8-7-11-22(23)25(30)29(24)19-26(31)14-17-28(18-15-26)16-13-20(2)21-9-5-4-6-10-21/h4-12,20,31H,3,13-19H2,1-2H3/t20-/m1/s1. The summed E-state index contributed by atoms with van der Waals surface area (Å²) in [6.45, 7) is 7.35. The number of aromatic nitrogens is 2. The van der Waals surface area contributed by atoms with Gasteiger partial charge in [0.05, 0.1) is 23.0 Å². The lowest BCUT2D eigenvalue weighted by molar-refractivity contribution is -0.0356. The van der Waals surface area contributed by atoms with Crippen molar-refractivity contribution in [2.75, 3.05) is 19.6 Å². The van der Waals surface area contributed by atoms with Crippen molar-refractivity contribution < 1.29 is 5.11 Å². The van der Waals surface area contributed by atoms with Crippen LogP contribution >= 0.6 is 0 Å². The van der Waals surface area contributed by atoms with Gasteiger partial charge in [0, 0.05) is 19.5 Å². The first-order chi connectivity index (χ1) is 15.0. The third kappa shape index (κ3) is 4.89. The Hall–Kier alpha value is -2.50. The maximum Gasteiger partial charge on any atom is 0.261 e. The molecule has 0 bridgehead atoms. The first-order valence-corrected chi connectivity index (χ1v) is 11.5. The number of para-hydroxylation sites is 1. The molecule has 5 nitrogen and oxygen atoms in total. The van der Waals surface area contributed by atoms with Crippen molar-refractivity contribution in [3.05, 3.63) is 76.3 Å². The molecule has 1 aromatic heterocycles. The highest BCUT2D eigenvalue weighted by molar-refractivity contribution is 5.77. The Morgan fingerprint density at radius 1 is 1.06 bits per heavy atom. The number of piperidine rings is 1. The summed E-state index contributed by atoms with van der Waals surface area (Å²) in [4.78, 5) is 20.2. The number of aryl methyl sites for hydroxylation is 1. The minimum absolute atomic E-state index is 0.0463. The largest absolute Gasteiger partial charge is 0.388 e. The van der Waals surface area contributed by atoms with Gasteiger partial charge in [0.15, 0.2) is 0 Å². The highest BCUT2D eigenvalue weighted by Crippen LogP contribution is 2.26. The molecule has 3 aromatic rings. The molecule has 1 atom stereocenters. The predicted molar refractivity (Wildman–Crippen MR) is 125 cm³/mol. The summed E-state index contributed by atoms with van der Waals surface area (Å²) < 4.78 is 1.70. The van der Waals surface area contributed by atoms with E-state index >= 15 is 0 Å². The van der Waals surface area contributed by atoms with Crippen molar-refractivity contribution in [1.82, 2.24) is 14.5 Å². The van der Waals surface area contributed by atoms with Gasteiger partial charge >= 0.3 is 0 Å². The van der Waals surface area contributed by atoms with Gasteiger partial charge in [0.2, 0.25) is 0 Å². The molecular formula is C26H33N3O2. The Morgan fingerprint density at radius 2 is 1.74 bits per heavy atom. The van der Waals surface area contributed by atoms with Crippen LogP contribution in [0.15, 0.2) is 59.4 Å². The van der Waals surface area contributed by atoms with Gasteiger partial charge in [-0.3, -0.25) is 9.36 Å². The Balaban J connectivity index is 1.40. The lowest BCUT2D eigenvalue weighted by atomic mass is 9.90. The van der Waals surface area contributed by atoms with Gasteiger partial charge < -0.3 is 10.0 Å². The molecule has 2 aromatic carbocycles. The van der Waals surface area contributed by atoms with Crippen LogP contribution in [0, 0.1) is 0 Å². The molecule has 0 amide bonds. The predicted octanol–water partition coefficient (Wildman–Crippen LogP) is 3.98. The molecule has 2 heterocycles. The Bertz CT molecular complexity index is 1070. The van der Waals surface area contributed by atoms with E-state index in [4.69, 9.17) is 0 Å². The summed E-state index contributed by atoms with van der Waals surface area (Å²) in [5.41, 5.74) is 1.20. The number of hydrogen-bond donors (Lipinski definition) is 1. The molecule has 0 saturated carbocycles. The van der Waals surface area contributed by atoms with Crippen LogP contribution in [-0.4, -0.2) is 44.8 Å². The van der Waals surface area contributed by atoms with Crippen molar-refractivity contribution in [2.45, 2.75) is 57.6 Å². The van der Waals surface area contributed by atoms with E-state index in [-0.39, 0.29) is 5.56 Å². The Kier molecular flexibility index (Phi) is 6.54. The first kappa shape index (κ1) is 21.7. The van der Waals surface area contributed by atoms with E-state index in [1.165, 1.54) is 5.56 Å². The monoisotopic (exact) mass is 419 g/mol. The maximum atomic E-state index is 13.1. The smallest absolute Gasteiger partial charge is 0.261 e. The van der Waals surface area contributed by atoms with Gasteiger partial charge in [0.1, 0.15) is 5.82 Å². The van der Waals surface area contributed by atoms with Gasteiger partial charge in [-0.1, -0.05) is 56.3 Å². The fourth-order valence-electron chi connectivity index (χ4n) is 4.62. The number of benzene rings is 2. The van der Waals surface area contributed by atoms with Crippen molar-refractivity contribution >= 4 is 10.9 Å². The molecule has 5 heteroatoms. The summed E-state index contributed by atoms with van der Waals surface area (Å²) in [5.74, 6) is 1.27. The minimum atomic E-state index is -0.862. The topological polar surface area (TPSA) is 58.4 Å². The van der Waals surface area contributed by atoms with Gasteiger partial charge in [-0.2, -0.15) is 0 Å². The summed E-state index contributed by atoms with van der Waals surface area (Å²) >= 11 is 0. The van der Waals surface area contributed by atoms with Crippen LogP contribution in [0.25, 0.3) is 10.9 Å². The molecule has 1 saturated heterocycles. The van der Waals surface area contributed by atoms with Crippen LogP contribution < -0.4 is 5.56 Å². The zero-order valence-electron chi connectivity index (χ0n) is 18.6. The van der Waals surface area contributed by atoms with Crippen molar-refractivity contribution in [2.24, 2.45) is 0 Å². The third-order valence-corrected chi connectivity index (χ3v) is 6.74. The Labute approximate surface area is 184 Å². The summed E-state index contributed by atoms with van der Waals surface area (Å²) in [6.07, 6.45) is 3.13. The van der Waals surface area contributed by atoms with Crippen LogP contribution in [0.3, 0.4) is 0 Å². The fraction of sp³-hybridized carbons (Fsp3) is 0.462. The molecule has 164 valence electrons. The van der Waals surface area contributed by atoms with Crippen LogP contribution in [0.5, 0.6) is 0 Å². The molecule has 0 aliphatic carbocycles. The molecule has 0 unspecified atom stereocenters. The zero-order valence-corrected chi connectivity index (χ0v) is 18.6. The minimum Gasteiger partial charge on any atom is -0.388 e. The van der Waals surface area contributed by atoms with Crippen LogP contribution in [0.1, 0.15) is 50.4 Å². The molecule has 0 spiro atoms. The molecule has 1 aliphatic rings. The summed E-state index contributed by atoms with van der Waals surface area (Å²) in [6, 6.07) is 18.1. The van der Waals surface area contributed by atoms with Crippen molar-refractivity contribution in [1.29, 1.82) is 0 Å². The second-order valence-electron chi connectivity index (χ2n) is 8.96. The van der Waals surface area contributed by atoms with Crippen molar-refractivity contribution in [3.63, 3.8) is 0 Å². The normalized spacial score (nSPS) is 17.6. The van der Waals surface area contributed by atoms with Crippen LogP contribution in [-0.2, 0) is 13.0 Å². The molecule has 1 N–H and O–H groups in total. The van der Waals surface area contributed by atoms with Gasteiger partial charge in [-0.05, 0) is 49.4 Å².